The Hall–Kier alpha value is -2.36. The summed E-state index contributed by atoms with van der Waals surface area (Å²) in [6, 6.07) is 14.6. The quantitative estimate of drug-likeness (QED) is 0.365. The van der Waals surface area contributed by atoms with Gasteiger partial charge in [-0.25, -0.2) is 8.42 Å². The van der Waals surface area contributed by atoms with Crippen LogP contribution in [0.5, 0.6) is 5.75 Å². The Labute approximate surface area is 186 Å². The van der Waals surface area contributed by atoms with Crippen molar-refractivity contribution in [2.75, 3.05) is 25.4 Å². The third-order valence-electron chi connectivity index (χ3n) is 5.01. The second-order valence-electron chi connectivity index (χ2n) is 7.38. The van der Waals surface area contributed by atoms with Gasteiger partial charge in [-0.05, 0) is 55.7 Å². The molecule has 2 heterocycles. The van der Waals surface area contributed by atoms with E-state index in [0.29, 0.717) is 42.1 Å². The standard InChI is InChI=1S/C22H25N3O4S2/c1-17-7-5-9-19(15-17)28-13-14-30-22-24-23-21(29-22)18-8-6-10-20(16-18)31(26,27)25-11-3-2-4-12-25/h5-10,15-16H,2-4,11-14H2,1H3. The first-order chi connectivity index (χ1) is 15.0. The summed E-state index contributed by atoms with van der Waals surface area (Å²) in [5, 5.41) is 8.57. The topological polar surface area (TPSA) is 85.5 Å². The second kappa shape index (κ2) is 9.84. The molecule has 1 aliphatic rings. The van der Waals surface area contributed by atoms with Gasteiger partial charge in [0.2, 0.25) is 15.9 Å². The first kappa shape index (κ1) is 21.9. The predicted molar refractivity (Wildman–Crippen MR) is 120 cm³/mol. The normalized spacial score (nSPS) is 15.1. The Morgan fingerprint density at radius 3 is 2.68 bits per heavy atom. The smallest absolute Gasteiger partial charge is 0.276 e. The maximum Gasteiger partial charge on any atom is 0.276 e. The SMILES string of the molecule is Cc1cccc(OCCSc2nnc(-c3cccc(S(=O)(=O)N4CCCCC4)c3)o2)c1. The molecule has 2 aromatic carbocycles. The fraction of sp³-hybridized carbons (Fsp3) is 0.364. The van der Waals surface area contributed by atoms with E-state index in [0.717, 1.165) is 30.6 Å². The molecule has 31 heavy (non-hydrogen) atoms. The van der Waals surface area contributed by atoms with Crippen LogP contribution in [0.3, 0.4) is 0 Å². The minimum atomic E-state index is -3.51. The number of aromatic nitrogens is 2. The third kappa shape index (κ3) is 5.47. The van der Waals surface area contributed by atoms with Gasteiger partial charge in [-0.15, -0.1) is 10.2 Å². The lowest BCUT2D eigenvalue weighted by molar-refractivity contribution is 0.343. The van der Waals surface area contributed by atoms with Crippen LogP contribution in [0.1, 0.15) is 24.8 Å². The maximum atomic E-state index is 12.9. The van der Waals surface area contributed by atoms with Crippen LogP contribution < -0.4 is 4.74 Å². The van der Waals surface area contributed by atoms with E-state index in [1.54, 1.807) is 28.6 Å². The van der Waals surface area contributed by atoms with Crippen LogP contribution in [0, 0.1) is 6.92 Å². The van der Waals surface area contributed by atoms with Crippen LogP contribution in [-0.2, 0) is 10.0 Å². The van der Waals surface area contributed by atoms with Crippen molar-refractivity contribution in [2.45, 2.75) is 36.3 Å². The van der Waals surface area contributed by atoms with Gasteiger partial charge in [0.15, 0.2) is 0 Å². The van der Waals surface area contributed by atoms with E-state index >= 15 is 0 Å². The zero-order chi connectivity index (χ0) is 21.7. The number of ether oxygens (including phenoxy) is 1. The molecule has 0 radical (unpaired) electrons. The highest BCUT2D eigenvalue weighted by Crippen LogP contribution is 2.27. The first-order valence-corrected chi connectivity index (χ1v) is 12.7. The van der Waals surface area contributed by atoms with Crippen LogP contribution in [0.4, 0.5) is 0 Å². The van der Waals surface area contributed by atoms with Crippen LogP contribution in [0.25, 0.3) is 11.5 Å². The predicted octanol–water partition coefficient (Wildman–Crippen LogP) is 4.39. The minimum absolute atomic E-state index is 0.255. The van der Waals surface area contributed by atoms with Crippen LogP contribution >= 0.6 is 11.8 Å². The largest absolute Gasteiger partial charge is 0.493 e. The van der Waals surface area contributed by atoms with Crippen LogP contribution in [0.15, 0.2) is 63.1 Å². The van der Waals surface area contributed by atoms with Gasteiger partial charge in [0, 0.05) is 24.4 Å². The Balaban J connectivity index is 1.38. The molecule has 1 saturated heterocycles. The summed E-state index contributed by atoms with van der Waals surface area (Å²) in [5.41, 5.74) is 1.74. The van der Waals surface area contributed by atoms with Crippen molar-refractivity contribution in [1.29, 1.82) is 0 Å². The minimum Gasteiger partial charge on any atom is -0.493 e. The number of benzene rings is 2. The molecule has 0 spiro atoms. The molecule has 0 N–H and O–H groups in total. The molecule has 0 aliphatic carbocycles. The zero-order valence-corrected chi connectivity index (χ0v) is 19.0. The molecule has 0 atom stereocenters. The summed E-state index contributed by atoms with van der Waals surface area (Å²) in [6.45, 7) is 3.67. The highest BCUT2D eigenvalue weighted by Gasteiger charge is 2.26. The van der Waals surface area contributed by atoms with E-state index < -0.39 is 10.0 Å². The van der Waals surface area contributed by atoms with Gasteiger partial charge in [-0.1, -0.05) is 36.4 Å². The summed E-state index contributed by atoms with van der Waals surface area (Å²) >= 11 is 1.40. The molecule has 0 bridgehead atoms. The number of hydrogen-bond acceptors (Lipinski definition) is 7. The van der Waals surface area contributed by atoms with E-state index in [4.69, 9.17) is 9.15 Å². The molecule has 0 amide bonds. The van der Waals surface area contributed by atoms with E-state index in [9.17, 15) is 8.42 Å². The summed E-state index contributed by atoms with van der Waals surface area (Å²) in [6.07, 6.45) is 2.87. The molecule has 4 rings (SSSR count). The van der Waals surface area contributed by atoms with Gasteiger partial charge in [-0.3, -0.25) is 0 Å². The van der Waals surface area contributed by atoms with E-state index in [1.165, 1.54) is 11.8 Å². The summed E-state index contributed by atoms with van der Waals surface area (Å²) in [7, 11) is -3.51. The van der Waals surface area contributed by atoms with E-state index in [1.807, 2.05) is 31.2 Å². The van der Waals surface area contributed by atoms with E-state index in [2.05, 4.69) is 10.2 Å². The zero-order valence-electron chi connectivity index (χ0n) is 17.4. The van der Waals surface area contributed by atoms with Gasteiger partial charge < -0.3 is 9.15 Å². The number of piperidine rings is 1. The van der Waals surface area contributed by atoms with Crippen LogP contribution in [-0.4, -0.2) is 48.4 Å². The fourth-order valence-corrected chi connectivity index (χ4v) is 5.56. The van der Waals surface area contributed by atoms with Gasteiger partial charge in [0.1, 0.15) is 5.75 Å². The third-order valence-corrected chi connectivity index (χ3v) is 7.68. The summed E-state index contributed by atoms with van der Waals surface area (Å²) < 4.78 is 38.9. The van der Waals surface area contributed by atoms with Crippen molar-refractivity contribution in [2.24, 2.45) is 0 Å². The molecule has 7 nitrogen and oxygen atoms in total. The maximum absolute atomic E-state index is 12.9. The fourth-order valence-electron chi connectivity index (χ4n) is 3.42. The molecule has 1 aromatic heterocycles. The van der Waals surface area contributed by atoms with Crippen molar-refractivity contribution in [1.82, 2.24) is 14.5 Å². The van der Waals surface area contributed by atoms with Crippen molar-refractivity contribution in [3.63, 3.8) is 0 Å². The van der Waals surface area contributed by atoms with Crippen LogP contribution in [0.2, 0.25) is 0 Å². The van der Waals surface area contributed by atoms with Crippen molar-refractivity contribution >= 4 is 21.8 Å². The van der Waals surface area contributed by atoms with Gasteiger partial charge in [0.25, 0.3) is 5.22 Å². The van der Waals surface area contributed by atoms with Gasteiger partial charge in [0.05, 0.1) is 11.5 Å². The molecule has 1 fully saturated rings. The molecule has 164 valence electrons. The molecular formula is C22H25N3O4S2. The first-order valence-electron chi connectivity index (χ1n) is 10.3. The molecule has 1 aliphatic heterocycles. The monoisotopic (exact) mass is 459 g/mol. The molecule has 0 unspecified atom stereocenters. The summed E-state index contributed by atoms with van der Waals surface area (Å²) in [4.78, 5) is 0.255. The molecule has 9 heteroatoms. The Morgan fingerprint density at radius 2 is 1.87 bits per heavy atom. The average Bonchev–Trinajstić information content (AvgIpc) is 3.27. The summed E-state index contributed by atoms with van der Waals surface area (Å²) in [5.74, 6) is 1.79. The Morgan fingerprint density at radius 1 is 1.06 bits per heavy atom. The Kier molecular flexibility index (Phi) is 6.94. The number of nitrogens with zero attached hydrogens (tertiary/aromatic N) is 3. The highest BCUT2D eigenvalue weighted by atomic mass is 32.2. The average molecular weight is 460 g/mol. The number of thioether (sulfide) groups is 1. The van der Waals surface area contributed by atoms with Gasteiger partial charge in [-0.2, -0.15) is 4.31 Å². The van der Waals surface area contributed by atoms with Crippen molar-refractivity contribution in [3.05, 3.63) is 54.1 Å². The van der Waals surface area contributed by atoms with Crippen molar-refractivity contribution in [3.8, 4) is 17.2 Å². The molecule has 3 aromatic rings. The Bertz CT molecular complexity index is 1130. The van der Waals surface area contributed by atoms with Crippen molar-refractivity contribution < 1.29 is 17.6 Å². The number of sulfonamides is 1. The van der Waals surface area contributed by atoms with E-state index in [-0.39, 0.29) is 4.90 Å². The number of rotatable bonds is 8. The van der Waals surface area contributed by atoms with Gasteiger partial charge >= 0.3 is 0 Å². The highest BCUT2D eigenvalue weighted by molar-refractivity contribution is 7.99. The lowest BCUT2D eigenvalue weighted by Crippen LogP contribution is -2.35. The molecule has 0 saturated carbocycles. The molecular weight excluding hydrogens is 434 g/mol. The number of aryl methyl sites for hydroxylation is 1. The second-order valence-corrected chi connectivity index (χ2v) is 10.4. The lowest BCUT2D eigenvalue weighted by atomic mass is 10.2. The lowest BCUT2D eigenvalue weighted by Gasteiger charge is -2.25. The number of hydrogen-bond donors (Lipinski definition) is 0.